The number of ether oxygens (including phenoxy) is 1. The lowest BCUT2D eigenvalue weighted by molar-refractivity contribution is -0.139. The Kier molecular flexibility index (Phi) is 4.77. The molecule has 0 radical (unpaired) electrons. The molecule has 19 heavy (non-hydrogen) atoms. The number of carboxylic acid groups (broad SMARTS) is 1. The zero-order chi connectivity index (χ0) is 14.6. The van der Waals surface area contributed by atoms with Crippen molar-refractivity contribution in [1.29, 1.82) is 0 Å². The van der Waals surface area contributed by atoms with E-state index < -0.39 is 23.7 Å². The highest BCUT2D eigenvalue weighted by Crippen LogP contribution is 2.09. The highest BCUT2D eigenvalue weighted by molar-refractivity contribution is 6.29. The second-order valence-corrected chi connectivity index (χ2v) is 5.26. The summed E-state index contributed by atoms with van der Waals surface area (Å²) in [5, 5.41) is 15.5. The van der Waals surface area contributed by atoms with Crippen LogP contribution in [0.3, 0.4) is 0 Å². The van der Waals surface area contributed by atoms with Gasteiger partial charge in [0.2, 0.25) is 0 Å². The largest absolute Gasteiger partial charge is 0.480 e. The van der Waals surface area contributed by atoms with Crippen LogP contribution in [0.2, 0.25) is 5.15 Å². The van der Waals surface area contributed by atoms with Crippen LogP contribution in [0, 0.1) is 0 Å². The van der Waals surface area contributed by atoms with Crippen LogP contribution in [-0.4, -0.2) is 38.6 Å². The summed E-state index contributed by atoms with van der Waals surface area (Å²) in [7, 11) is 0. The molecule has 2 N–H and O–H groups in total. The number of rotatable bonds is 4. The maximum absolute atomic E-state index is 11.5. The molecule has 0 fully saturated rings. The van der Waals surface area contributed by atoms with E-state index in [2.05, 4.69) is 10.4 Å². The molecule has 0 aliphatic heterocycles. The van der Waals surface area contributed by atoms with Gasteiger partial charge in [0.25, 0.3) is 0 Å². The Hall–Kier alpha value is -1.76. The summed E-state index contributed by atoms with van der Waals surface area (Å²) in [6, 6.07) is 0.348. The number of carbonyl (C=O) groups is 2. The first-order valence-corrected chi connectivity index (χ1v) is 5.96. The van der Waals surface area contributed by atoms with Crippen LogP contribution in [0.25, 0.3) is 0 Å². The van der Waals surface area contributed by atoms with Gasteiger partial charge in [-0.2, -0.15) is 5.10 Å². The lowest BCUT2D eigenvalue weighted by Crippen LogP contribution is -2.45. The van der Waals surface area contributed by atoms with Gasteiger partial charge in [0.05, 0.1) is 12.7 Å². The summed E-state index contributed by atoms with van der Waals surface area (Å²) in [6.07, 6.45) is 0.637. The lowest BCUT2D eigenvalue weighted by atomic mass is 10.2. The van der Waals surface area contributed by atoms with Crippen LogP contribution in [0.1, 0.15) is 20.8 Å². The number of aromatic nitrogens is 2. The summed E-state index contributed by atoms with van der Waals surface area (Å²) in [5.74, 6) is -1.20. The molecule has 0 spiro atoms. The van der Waals surface area contributed by atoms with E-state index in [0.717, 1.165) is 0 Å². The fourth-order valence-corrected chi connectivity index (χ4v) is 1.43. The predicted molar refractivity (Wildman–Crippen MR) is 68.0 cm³/mol. The Morgan fingerprint density at radius 3 is 2.63 bits per heavy atom. The molecule has 1 rings (SSSR count). The molecule has 7 nitrogen and oxygen atoms in total. The molecule has 0 saturated heterocycles. The quantitative estimate of drug-likeness (QED) is 0.876. The molecule has 0 aliphatic rings. The SMILES string of the molecule is CC(C)(C)OC(=O)N[C@@H](Cn1nccc1Cl)C(=O)O. The Balaban J connectivity index is 2.67. The van der Waals surface area contributed by atoms with Gasteiger partial charge in [-0.1, -0.05) is 11.6 Å². The van der Waals surface area contributed by atoms with Crippen molar-refractivity contribution < 1.29 is 19.4 Å². The number of carboxylic acids is 1. The molecule has 0 aromatic carbocycles. The highest BCUT2D eigenvalue weighted by Gasteiger charge is 2.25. The molecule has 0 unspecified atom stereocenters. The first-order chi connectivity index (χ1) is 8.69. The van der Waals surface area contributed by atoms with Crippen molar-refractivity contribution in [3.05, 3.63) is 17.4 Å². The number of halogens is 1. The second kappa shape index (κ2) is 5.92. The molecule has 106 valence electrons. The van der Waals surface area contributed by atoms with Crippen LogP contribution in [0.5, 0.6) is 0 Å². The van der Waals surface area contributed by atoms with Crippen LogP contribution in [0.15, 0.2) is 12.3 Å². The van der Waals surface area contributed by atoms with Crippen molar-refractivity contribution >= 4 is 23.7 Å². The van der Waals surface area contributed by atoms with Crippen molar-refractivity contribution in [2.45, 2.75) is 39.0 Å². The van der Waals surface area contributed by atoms with Crippen LogP contribution >= 0.6 is 11.6 Å². The van der Waals surface area contributed by atoms with E-state index in [-0.39, 0.29) is 11.7 Å². The number of carbonyl (C=O) groups excluding carboxylic acids is 1. The fourth-order valence-electron chi connectivity index (χ4n) is 1.26. The monoisotopic (exact) mass is 289 g/mol. The summed E-state index contributed by atoms with van der Waals surface area (Å²) in [5.41, 5.74) is -0.698. The minimum absolute atomic E-state index is 0.0829. The molecule has 0 aliphatic carbocycles. The van der Waals surface area contributed by atoms with E-state index in [1.165, 1.54) is 16.9 Å². The maximum Gasteiger partial charge on any atom is 0.408 e. The van der Waals surface area contributed by atoms with Crippen LogP contribution in [0.4, 0.5) is 4.79 Å². The summed E-state index contributed by atoms with van der Waals surface area (Å²) < 4.78 is 6.27. The average molecular weight is 290 g/mol. The first kappa shape index (κ1) is 15.3. The molecular formula is C11H16ClN3O4. The molecule has 8 heteroatoms. The maximum atomic E-state index is 11.5. The van der Waals surface area contributed by atoms with E-state index in [9.17, 15) is 9.59 Å². The van der Waals surface area contributed by atoms with Gasteiger partial charge < -0.3 is 15.2 Å². The van der Waals surface area contributed by atoms with Gasteiger partial charge in [-0.3, -0.25) is 4.68 Å². The molecule has 1 heterocycles. The Bertz CT molecular complexity index is 467. The molecule has 1 amide bonds. The minimum atomic E-state index is -1.20. The van der Waals surface area contributed by atoms with Gasteiger partial charge in [-0.15, -0.1) is 0 Å². The van der Waals surface area contributed by atoms with E-state index in [1.807, 2.05) is 0 Å². The highest BCUT2D eigenvalue weighted by atomic mass is 35.5. The average Bonchev–Trinajstić information content (AvgIpc) is 2.60. The van der Waals surface area contributed by atoms with E-state index >= 15 is 0 Å². The van der Waals surface area contributed by atoms with Crippen molar-refractivity contribution in [1.82, 2.24) is 15.1 Å². The second-order valence-electron chi connectivity index (χ2n) is 4.87. The molecule has 0 saturated carbocycles. The first-order valence-electron chi connectivity index (χ1n) is 5.58. The smallest absolute Gasteiger partial charge is 0.408 e. The summed E-state index contributed by atoms with van der Waals surface area (Å²) in [6.45, 7) is 4.98. The van der Waals surface area contributed by atoms with Crippen molar-refractivity contribution in [3.8, 4) is 0 Å². The third-order valence-electron chi connectivity index (χ3n) is 2.01. The number of amides is 1. The number of aliphatic carboxylic acids is 1. The molecule has 1 aromatic rings. The molecule has 1 atom stereocenters. The zero-order valence-corrected chi connectivity index (χ0v) is 11.6. The van der Waals surface area contributed by atoms with Gasteiger partial charge in [0.1, 0.15) is 16.8 Å². The third-order valence-corrected chi connectivity index (χ3v) is 2.33. The third kappa shape index (κ3) is 5.17. The number of alkyl carbamates (subject to hydrolysis) is 1. The zero-order valence-electron chi connectivity index (χ0n) is 10.9. The molecule has 1 aromatic heterocycles. The molecular weight excluding hydrogens is 274 g/mol. The number of nitrogens with one attached hydrogen (secondary N) is 1. The lowest BCUT2D eigenvalue weighted by Gasteiger charge is -2.22. The van der Waals surface area contributed by atoms with Gasteiger partial charge in [-0.05, 0) is 26.8 Å². The van der Waals surface area contributed by atoms with Gasteiger partial charge in [0.15, 0.2) is 0 Å². The molecule has 0 bridgehead atoms. The van der Waals surface area contributed by atoms with Gasteiger partial charge >= 0.3 is 12.1 Å². The van der Waals surface area contributed by atoms with E-state index in [4.69, 9.17) is 21.4 Å². The topological polar surface area (TPSA) is 93.5 Å². The van der Waals surface area contributed by atoms with Crippen molar-refractivity contribution in [2.24, 2.45) is 0 Å². The Morgan fingerprint density at radius 1 is 1.58 bits per heavy atom. The summed E-state index contributed by atoms with van der Waals surface area (Å²) in [4.78, 5) is 22.6. The minimum Gasteiger partial charge on any atom is -0.480 e. The van der Waals surface area contributed by atoms with Crippen molar-refractivity contribution in [2.75, 3.05) is 0 Å². The van der Waals surface area contributed by atoms with Gasteiger partial charge in [0, 0.05) is 0 Å². The van der Waals surface area contributed by atoms with Crippen LogP contribution < -0.4 is 5.32 Å². The predicted octanol–water partition coefficient (Wildman–Crippen LogP) is 1.51. The van der Waals surface area contributed by atoms with E-state index in [0.29, 0.717) is 0 Å². The summed E-state index contributed by atoms with van der Waals surface area (Å²) >= 11 is 5.80. The van der Waals surface area contributed by atoms with Gasteiger partial charge in [-0.25, -0.2) is 9.59 Å². The Labute approximate surface area is 115 Å². The number of hydrogen-bond donors (Lipinski definition) is 2. The number of hydrogen-bond acceptors (Lipinski definition) is 4. The standard InChI is InChI=1S/C11H16ClN3O4/c1-11(2,3)19-10(18)14-7(9(16)17)6-15-8(12)4-5-13-15/h4-5,7H,6H2,1-3H3,(H,14,18)(H,16,17)/t7-/m0/s1. The van der Waals surface area contributed by atoms with E-state index in [1.54, 1.807) is 20.8 Å². The number of nitrogens with zero attached hydrogens (tertiary/aromatic N) is 2. The van der Waals surface area contributed by atoms with Crippen molar-refractivity contribution in [3.63, 3.8) is 0 Å². The fraction of sp³-hybridized carbons (Fsp3) is 0.545. The van der Waals surface area contributed by atoms with Crippen LogP contribution in [-0.2, 0) is 16.1 Å². The Morgan fingerprint density at radius 2 is 2.21 bits per heavy atom. The normalized spacial score (nSPS) is 12.8.